The summed E-state index contributed by atoms with van der Waals surface area (Å²) >= 11 is 0. The van der Waals surface area contributed by atoms with Crippen molar-refractivity contribution in [2.24, 2.45) is 5.10 Å². The fourth-order valence-corrected chi connectivity index (χ4v) is 2.50. The van der Waals surface area contributed by atoms with E-state index in [0.29, 0.717) is 11.1 Å². The van der Waals surface area contributed by atoms with Gasteiger partial charge in [0.15, 0.2) is 0 Å². The lowest BCUT2D eigenvalue weighted by atomic mass is 9.98. The van der Waals surface area contributed by atoms with Gasteiger partial charge in [-0.05, 0) is 42.2 Å². The number of anilines is 1. The maximum absolute atomic E-state index is 12.2. The van der Waals surface area contributed by atoms with E-state index >= 15 is 0 Å². The van der Waals surface area contributed by atoms with Crippen molar-refractivity contribution in [3.63, 3.8) is 0 Å². The normalized spacial score (nSPS) is 12.3. The second-order valence-electron chi connectivity index (χ2n) is 6.09. The van der Waals surface area contributed by atoms with Crippen LogP contribution < -0.4 is 5.43 Å². The number of aliphatic hydroxyl groups excluding tert-OH is 1. The second kappa shape index (κ2) is 10.3. The van der Waals surface area contributed by atoms with Crippen LogP contribution >= 0.6 is 0 Å². The molecule has 0 amide bonds. The molecule has 0 spiro atoms. The minimum absolute atomic E-state index is 0.106. The highest BCUT2D eigenvalue weighted by atomic mass is 16.5. The van der Waals surface area contributed by atoms with Gasteiger partial charge in [-0.1, -0.05) is 56.0 Å². The summed E-state index contributed by atoms with van der Waals surface area (Å²) in [6, 6.07) is 17.0. The molecule has 0 saturated heterocycles. The Morgan fingerprint density at radius 2 is 1.81 bits per heavy atom. The Bertz CT molecular complexity index is 783. The van der Waals surface area contributed by atoms with Gasteiger partial charge in [0.25, 0.3) is 0 Å². The van der Waals surface area contributed by atoms with Crippen LogP contribution in [-0.4, -0.2) is 23.4 Å². The molecule has 2 N–H and O–H groups in total. The van der Waals surface area contributed by atoms with Crippen LogP contribution in [0, 0.1) is 0 Å². The molecule has 0 heterocycles. The number of aliphatic hydroxyl groups is 1. The molecule has 2 aromatic carbocycles. The van der Waals surface area contributed by atoms with Gasteiger partial charge in [-0.2, -0.15) is 5.10 Å². The molecule has 1 unspecified atom stereocenters. The van der Waals surface area contributed by atoms with Crippen LogP contribution in [0.25, 0.3) is 0 Å². The fourth-order valence-electron chi connectivity index (χ4n) is 2.50. The highest BCUT2D eigenvalue weighted by Crippen LogP contribution is 2.23. The van der Waals surface area contributed by atoms with E-state index < -0.39 is 12.1 Å². The van der Waals surface area contributed by atoms with Crippen molar-refractivity contribution < 1.29 is 14.6 Å². The van der Waals surface area contributed by atoms with Gasteiger partial charge in [0.05, 0.1) is 12.3 Å². The number of nitrogens with one attached hydrogen (secondary N) is 1. The molecule has 0 aliphatic rings. The van der Waals surface area contributed by atoms with Crippen molar-refractivity contribution in [3.05, 3.63) is 77.9 Å². The largest absolute Gasteiger partial charge is 0.461 e. The van der Waals surface area contributed by atoms with Crippen LogP contribution in [0.3, 0.4) is 0 Å². The molecule has 0 fully saturated rings. The zero-order valence-electron chi connectivity index (χ0n) is 15.8. The SMILES string of the molecule is C=C(C/C(=N\Nc1ccc(CC)cc1)C(=O)OCC)C(O)c1ccccc1. The molecule has 142 valence electrons. The van der Waals surface area contributed by atoms with E-state index in [2.05, 4.69) is 24.0 Å². The fraction of sp³-hybridized carbons (Fsp3) is 0.273. The summed E-state index contributed by atoms with van der Waals surface area (Å²) in [4.78, 5) is 12.2. The van der Waals surface area contributed by atoms with Crippen LogP contribution in [0.15, 0.2) is 71.9 Å². The minimum atomic E-state index is -0.880. The highest BCUT2D eigenvalue weighted by molar-refractivity contribution is 6.37. The van der Waals surface area contributed by atoms with Crippen LogP contribution in [0.2, 0.25) is 0 Å². The summed E-state index contributed by atoms with van der Waals surface area (Å²) < 4.78 is 5.08. The molecular formula is C22H26N2O3. The maximum atomic E-state index is 12.2. The Labute approximate surface area is 160 Å². The van der Waals surface area contributed by atoms with Crippen molar-refractivity contribution in [1.29, 1.82) is 0 Å². The van der Waals surface area contributed by atoms with E-state index in [1.807, 2.05) is 54.6 Å². The Morgan fingerprint density at radius 3 is 2.41 bits per heavy atom. The maximum Gasteiger partial charge on any atom is 0.354 e. The monoisotopic (exact) mass is 366 g/mol. The van der Waals surface area contributed by atoms with Crippen molar-refractivity contribution >= 4 is 17.4 Å². The van der Waals surface area contributed by atoms with Crippen LogP contribution in [0.1, 0.15) is 37.5 Å². The molecule has 0 radical (unpaired) electrons. The number of aryl methyl sites for hydroxylation is 1. The first-order valence-corrected chi connectivity index (χ1v) is 9.04. The Kier molecular flexibility index (Phi) is 7.77. The van der Waals surface area contributed by atoms with E-state index in [9.17, 15) is 9.90 Å². The number of hydrogen-bond acceptors (Lipinski definition) is 5. The first-order chi connectivity index (χ1) is 13.0. The van der Waals surface area contributed by atoms with Gasteiger partial charge in [-0.3, -0.25) is 5.43 Å². The molecule has 2 rings (SSSR count). The molecule has 27 heavy (non-hydrogen) atoms. The number of ether oxygens (including phenoxy) is 1. The molecule has 5 nitrogen and oxygen atoms in total. The summed E-state index contributed by atoms with van der Waals surface area (Å²) in [7, 11) is 0. The van der Waals surface area contributed by atoms with E-state index in [-0.39, 0.29) is 18.7 Å². The number of nitrogens with zero attached hydrogens (tertiary/aromatic N) is 1. The van der Waals surface area contributed by atoms with Crippen molar-refractivity contribution in [2.75, 3.05) is 12.0 Å². The van der Waals surface area contributed by atoms with Crippen LogP contribution in [0.4, 0.5) is 5.69 Å². The molecule has 0 aliphatic heterocycles. The second-order valence-corrected chi connectivity index (χ2v) is 6.09. The number of rotatable bonds is 9. The van der Waals surface area contributed by atoms with E-state index in [0.717, 1.165) is 12.1 Å². The molecule has 0 aliphatic carbocycles. The predicted molar refractivity (Wildman–Crippen MR) is 109 cm³/mol. The number of carbonyl (C=O) groups excluding carboxylic acids is 1. The topological polar surface area (TPSA) is 70.9 Å². The molecule has 2 aromatic rings. The molecule has 5 heteroatoms. The predicted octanol–water partition coefficient (Wildman–Crippen LogP) is 4.26. The summed E-state index contributed by atoms with van der Waals surface area (Å²) in [5, 5.41) is 14.7. The summed E-state index contributed by atoms with van der Waals surface area (Å²) in [6.07, 6.45) is 0.179. The van der Waals surface area contributed by atoms with Crippen LogP contribution in [-0.2, 0) is 16.0 Å². The Morgan fingerprint density at radius 1 is 1.15 bits per heavy atom. The number of carbonyl (C=O) groups is 1. The quantitative estimate of drug-likeness (QED) is 0.301. The van der Waals surface area contributed by atoms with Gasteiger partial charge < -0.3 is 9.84 Å². The average Bonchev–Trinajstić information content (AvgIpc) is 2.71. The van der Waals surface area contributed by atoms with Crippen molar-refractivity contribution in [2.45, 2.75) is 32.8 Å². The third-order valence-electron chi connectivity index (χ3n) is 4.09. The molecule has 0 bridgehead atoms. The number of hydrogen-bond donors (Lipinski definition) is 2. The third-order valence-corrected chi connectivity index (χ3v) is 4.09. The lowest BCUT2D eigenvalue weighted by Gasteiger charge is -2.15. The van der Waals surface area contributed by atoms with Gasteiger partial charge >= 0.3 is 5.97 Å². The van der Waals surface area contributed by atoms with Gasteiger partial charge in [0.1, 0.15) is 11.8 Å². The van der Waals surface area contributed by atoms with Gasteiger partial charge in [0.2, 0.25) is 0 Å². The lowest BCUT2D eigenvalue weighted by molar-refractivity contribution is -0.135. The number of benzene rings is 2. The van der Waals surface area contributed by atoms with E-state index in [1.165, 1.54) is 5.56 Å². The Hall–Kier alpha value is -2.92. The zero-order valence-corrected chi connectivity index (χ0v) is 15.8. The minimum Gasteiger partial charge on any atom is -0.461 e. The number of esters is 1. The molecular weight excluding hydrogens is 340 g/mol. The third kappa shape index (κ3) is 6.08. The molecule has 0 aromatic heterocycles. The van der Waals surface area contributed by atoms with Gasteiger partial charge in [0, 0.05) is 6.42 Å². The van der Waals surface area contributed by atoms with Gasteiger partial charge in [-0.25, -0.2) is 4.79 Å². The lowest BCUT2D eigenvalue weighted by Crippen LogP contribution is -2.21. The number of hydrazone groups is 1. The summed E-state index contributed by atoms with van der Waals surface area (Å²) in [5.41, 5.74) is 6.22. The first kappa shape index (κ1) is 20.4. The van der Waals surface area contributed by atoms with E-state index in [1.54, 1.807) is 6.92 Å². The van der Waals surface area contributed by atoms with Crippen molar-refractivity contribution in [1.82, 2.24) is 0 Å². The summed E-state index contributed by atoms with van der Waals surface area (Å²) in [5.74, 6) is -0.531. The van der Waals surface area contributed by atoms with Gasteiger partial charge in [-0.15, -0.1) is 0 Å². The Balaban J connectivity index is 2.12. The standard InChI is InChI=1S/C22H26N2O3/c1-4-17-11-13-19(14-12-17)23-24-20(22(26)27-5-2)15-16(3)21(25)18-9-7-6-8-10-18/h6-14,21,23,25H,3-5,15H2,1-2H3/b24-20+. The van der Waals surface area contributed by atoms with E-state index in [4.69, 9.17) is 4.74 Å². The summed E-state index contributed by atoms with van der Waals surface area (Å²) in [6.45, 7) is 7.99. The van der Waals surface area contributed by atoms with Crippen LogP contribution in [0.5, 0.6) is 0 Å². The smallest absolute Gasteiger partial charge is 0.354 e. The zero-order chi connectivity index (χ0) is 19.6. The highest BCUT2D eigenvalue weighted by Gasteiger charge is 2.19. The molecule has 1 atom stereocenters. The molecule has 0 saturated carbocycles. The average molecular weight is 366 g/mol. The first-order valence-electron chi connectivity index (χ1n) is 9.04. The van der Waals surface area contributed by atoms with Crippen molar-refractivity contribution in [3.8, 4) is 0 Å².